The lowest BCUT2D eigenvalue weighted by molar-refractivity contribution is -0.137. The summed E-state index contributed by atoms with van der Waals surface area (Å²) in [5, 5.41) is 19.8. The van der Waals surface area contributed by atoms with Crippen LogP contribution in [-0.2, 0) is 17.9 Å². The smallest absolute Gasteiger partial charge is 0.305 e. The largest absolute Gasteiger partial charge is 0.485 e. The standard InChI is InChI=1S/C13H16N4O3/c1-9-3-4-10(2)11(7-9)20-8-12-14-15-16-17(12)6-5-13(18)19/h3-4,7H,5-6,8H2,1-2H3,(H,18,19). The first-order valence-electron chi connectivity index (χ1n) is 6.23. The molecule has 0 aliphatic rings. The third-order valence-corrected chi connectivity index (χ3v) is 2.84. The number of rotatable bonds is 6. The minimum atomic E-state index is -0.887. The van der Waals surface area contributed by atoms with Gasteiger partial charge < -0.3 is 9.84 Å². The first-order chi connectivity index (χ1) is 9.56. The number of hydrogen-bond acceptors (Lipinski definition) is 5. The molecule has 106 valence electrons. The fourth-order valence-corrected chi connectivity index (χ4v) is 1.71. The number of carboxylic acid groups (broad SMARTS) is 1. The second-order valence-electron chi connectivity index (χ2n) is 4.52. The Morgan fingerprint density at radius 1 is 1.40 bits per heavy atom. The number of tetrazole rings is 1. The second kappa shape index (κ2) is 6.14. The minimum absolute atomic E-state index is 0.0263. The Morgan fingerprint density at radius 3 is 2.95 bits per heavy atom. The number of aliphatic carboxylic acids is 1. The Kier molecular flexibility index (Phi) is 4.29. The molecule has 0 aliphatic heterocycles. The highest BCUT2D eigenvalue weighted by Crippen LogP contribution is 2.19. The third kappa shape index (κ3) is 3.53. The molecule has 0 saturated heterocycles. The molecule has 7 heteroatoms. The molecule has 0 unspecified atom stereocenters. The van der Waals surface area contributed by atoms with Crippen molar-refractivity contribution in [2.45, 2.75) is 33.4 Å². The molecule has 0 bridgehead atoms. The Labute approximate surface area is 116 Å². The van der Waals surface area contributed by atoms with E-state index in [0.717, 1.165) is 16.9 Å². The van der Waals surface area contributed by atoms with Crippen molar-refractivity contribution in [2.24, 2.45) is 0 Å². The van der Waals surface area contributed by atoms with Crippen LogP contribution in [0.5, 0.6) is 5.75 Å². The summed E-state index contributed by atoms with van der Waals surface area (Å²) in [4.78, 5) is 10.6. The van der Waals surface area contributed by atoms with Crippen molar-refractivity contribution in [1.82, 2.24) is 20.2 Å². The van der Waals surface area contributed by atoms with Gasteiger partial charge in [0.15, 0.2) is 5.82 Å². The van der Waals surface area contributed by atoms with Crippen molar-refractivity contribution >= 4 is 5.97 Å². The summed E-state index contributed by atoms with van der Waals surface area (Å²) in [6.07, 6.45) is -0.0263. The molecule has 7 nitrogen and oxygen atoms in total. The number of carboxylic acids is 1. The van der Waals surface area contributed by atoms with Crippen molar-refractivity contribution in [3.05, 3.63) is 35.2 Å². The molecule has 1 heterocycles. The maximum Gasteiger partial charge on any atom is 0.305 e. The van der Waals surface area contributed by atoms with Crippen LogP contribution in [-0.4, -0.2) is 31.3 Å². The van der Waals surface area contributed by atoms with Gasteiger partial charge in [0.1, 0.15) is 12.4 Å². The highest BCUT2D eigenvalue weighted by Gasteiger charge is 2.09. The van der Waals surface area contributed by atoms with Gasteiger partial charge in [0.25, 0.3) is 0 Å². The van der Waals surface area contributed by atoms with Gasteiger partial charge in [0.05, 0.1) is 13.0 Å². The number of hydrogen-bond donors (Lipinski definition) is 1. The van der Waals surface area contributed by atoms with E-state index >= 15 is 0 Å². The normalized spacial score (nSPS) is 10.5. The van der Waals surface area contributed by atoms with Crippen LogP contribution < -0.4 is 4.74 Å². The van der Waals surface area contributed by atoms with Gasteiger partial charge >= 0.3 is 5.97 Å². The highest BCUT2D eigenvalue weighted by molar-refractivity contribution is 5.66. The van der Waals surface area contributed by atoms with Crippen molar-refractivity contribution in [3.8, 4) is 5.75 Å². The number of benzene rings is 1. The molecule has 1 N–H and O–H groups in total. The van der Waals surface area contributed by atoms with Gasteiger partial charge in [-0.2, -0.15) is 0 Å². The molecule has 20 heavy (non-hydrogen) atoms. The average molecular weight is 276 g/mol. The molecule has 0 amide bonds. The predicted octanol–water partition coefficient (Wildman–Crippen LogP) is 1.34. The van der Waals surface area contributed by atoms with Crippen LogP contribution >= 0.6 is 0 Å². The number of nitrogens with zero attached hydrogens (tertiary/aromatic N) is 4. The molecule has 0 saturated carbocycles. The first-order valence-corrected chi connectivity index (χ1v) is 6.23. The van der Waals surface area contributed by atoms with Crippen LogP contribution in [0, 0.1) is 13.8 Å². The van der Waals surface area contributed by atoms with Crippen LogP contribution in [0.25, 0.3) is 0 Å². The molecule has 2 rings (SSSR count). The monoisotopic (exact) mass is 276 g/mol. The predicted molar refractivity (Wildman–Crippen MR) is 70.3 cm³/mol. The van der Waals surface area contributed by atoms with E-state index in [-0.39, 0.29) is 19.6 Å². The minimum Gasteiger partial charge on any atom is -0.485 e. The summed E-state index contributed by atoms with van der Waals surface area (Å²) < 4.78 is 7.14. The second-order valence-corrected chi connectivity index (χ2v) is 4.52. The SMILES string of the molecule is Cc1ccc(C)c(OCc2nnnn2CCC(=O)O)c1. The maximum absolute atomic E-state index is 10.6. The van der Waals surface area contributed by atoms with E-state index in [4.69, 9.17) is 9.84 Å². The van der Waals surface area contributed by atoms with E-state index in [1.807, 2.05) is 32.0 Å². The summed E-state index contributed by atoms with van der Waals surface area (Å²) in [6, 6.07) is 5.94. The summed E-state index contributed by atoms with van der Waals surface area (Å²) in [6.45, 7) is 4.39. The van der Waals surface area contributed by atoms with Crippen LogP contribution in [0.2, 0.25) is 0 Å². The Bertz CT molecular complexity index is 609. The molecule has 0 atom stereocenters. The quantitative estimate of drug-likeness (QED) is 0.856. The highest BCUT2D eigenvalue weighted by atomic mass is 16.5. The lowest BCUT2D eigenvalue weighted by Crippen LogP contribution is -2.12. The van der Waals surface area contributed by atoms with Gasteiger partial charge in [-0.1, -0.05) is 12.1 Å². The van der Waals surface area contributed by atoms with Gasteiger partial charge in [0.2, 0.25) is 0 Å². The average Bonchev–Trinajstić information content (AvgIpc) is 2.85. The number of aromatic nitrogens is 4. The van der Waals surface area contributed by atoms with E-state index in [2.05, 4.69) is 15.5 Å². The summed E-state index contributed by atoms with van der Waals surface area (Å²) in [7, 11) is 0. The third-order valence-electron chi connectivity index (χ3n) is 2.84. The van der Waals surface area contributed by atoms with Crippen molar-refractivity contribution in [2.75, 3.05) is 0 Å². The van der Waals surface area contributed by atoms with Gasteiger partial charge in [-0.05, 0) is 41.5 Å². The van der Waals surface area contributed by atoms with Crippen molar-refractivity contribution in [1.29, 1.82) is 0 Å². The summed E-state index contributed by atoms with van der Waals surface area (Å²) >= 11 is 0. The van der Waals surface area contributed by atoms with Gasteiger partial charge in [-0.25, -0.2) is 4.68 Å². The number of carbonyl (C=O) groups is 1. The van der Waals surface area contributed by atoms with Crippen LogP contribution in [0.4, 0.5) is 0 Å². The Balaban J connectivity index is 2.02. The molecule has 0 fully saturated rings. The topological polar surface area (TPSA) is 90.1 Å². The lowest BCUT2D eigenvalue weighted by atomic mass is 10.1. The fourth-order valence-electron chi connectivity index (χ4n) is 1.71. The van der Waals surface area contributed by atoms with E-state index in [9.17, 15) is 4.79 Å². The number of aryl methyl sites for hydroxylation is 3. The molecular formula is C13H16N4O3. The zero-order chi connectivity index (χ0) is 14.5. The molecule has 1 aromatic carbocycles. The lowest BCUT2D eigenvalue weighted by Gasteiger charge is -2.09. The molecule has 1 aromatic heterocycles. The molecular weight excluding hydrogens is 260 g/mol. The van der Waals surface area contributed by atoms with Gasteiger partial charge in [-0.15, -0.1) is 5.10 Å². The number of ether oxygens (including phenoxy) is 1. The summed E-state index contributed by atoms with van der Waals surface area (Å²) in [5.41, 5.74) is 2.14. The molecule has 2 aromatic rings. The zero-order valence-electron chi connectivity index (χ0n) is 11.4. The van der Waals surface area contributed by atoms with Gasteiger partial charge in [-0.3, -0.25) is 4.79 Å². The zero-order valence-corrected chi connectivity index (χ0v) is 11.4. The Morgan fingerprint density at radius 2 is 2.20 bits per heavy atom. The molecule has 0 spiro atoms. The summed E-state index contributed by atoms with van der Waals surface area (Å²) in [5.74, 6) is 0.395. The maximum atomic E-state index is 10.6. The van der Waals surface area contributed by atoms with E-state index in [1.54, 1.807) is 0 Å². The van der Waals surface area contributed by atoms with Crippen LogP contribution in [0.1, 0.15) is 23.4 Å². The van der Waals surface area contributed by atoms with Gasteiger partial charge in [0, 0.05) is 0 Å². The van der Waals surface area contributed by atoms with E-state index in [0.29, 0.717) is 5.82 Å². The van der Waals surface area contributed by atoms with Crippen LogP contribution in [0.3, 0.4) is 0 Å². The van der Waals surface area contributed by atoms with Crippen molar-refractivity contribution < 1.29 is 14.6 Å². The Hall–Kier alpha value is -2.44. The molecule has 0 radical (unpaired) electrons. The van der Waals surface area contributed by atoms with Crippen LogP contribution in [0.15, 0.2) is 18.2 Å². The molecule has 0 aliphatic carbocycles. The fraction of sp³-hybridized carbons (Fsp3) is 0.385. The first kappa shape index (κ1) is 14.0. The van der Waals surface area contributed by atoms with Crippen molar-refractivity contribution in [3.63, 3.8) is 0 Å². The van der Waals surface area contributed by atoms with E-state index in [1.165, 1.54) is 4.68 Å². The van der Waals surface area contributed by atoms with E-state index < -0.39 is 5.97 Å².